The second-order valence-electron chi connectivity index (χ2n) is 5.46. The quantitative estimate of drug-likeness (QED) is 0.415. The molecule has 3 N–H and O–H groups in total. The minimum atomic E-state index is -4.86. The molecule has 0 rings (SSSR count). The maximum atomic E-state index is 8.91. The molecule has 0 aliphatic carbocycles. The summed E-state index contributed by atoms with van der Waals surface area (Å²) in [4.78, 5) is 30.6. The van der Waals surface area contributed by atoms with Crippen molar-refractivity contribution in [2.75, 3.05) is 26.2 Å². The van der Waals surface area contributed by atoms with Crippen LogP contribution in [0, 0.1) is 0 Å². The molecule has 0 amide bonds. The van der Waals surface area contributed by atoms with Crippen LogP contribution in [-0.4, -0.2) is 54.1 Å². The lowest BCUT2D eigenvalue weighted by atomic mass is 10.1. The molecule has 0 saturated heterocycles. The first-order valence-electron chi connectivity index (χ1n) is 7.97. The van der Waals surface area contributed by atoms with Crippen LogP contribution < -0.4 is 4.80 Å². The van der Waals surface area contributed by atoms with Crippen LogP contribution in [-0.2, 0) is 0 Å². The highest BCUT2D eigenvalue weighted by Crippen LogP contribution is 2.14. The van der Waals surface area contributed by atoms with E-state index >= 15 is 0 Å². The van der Waals surface area contributed by atoms with Gasteiger partial charge in [0.05, 0.1) is 26.2 Å². The number of quaternary nitrogens is 1. The van der Waals surface area contributed by atoms with Gasteiger partial charge in [0.15, 0.2) is 0 Å². The monoisotopic (exact) mass is 309 g/mol. The maximum Gasteiger partial charge on any atom is 0.404 e. The lowest BCUT2D eigenvalue weighted by molar-refractivity contribution is -0.927. The van der Waals surface area contributed by atoms with Crippen LogP contribution >= 0.6 is 0 Å². The van der Waals surface area contributed by atoms with Gasteiger partial charge in [0.25, 0.3) is 0 Å². The molecule has 124 valence electrons. The first-order valence-corrected chi connectivity index (χ1v) is 9.72. The highest BCUT2D eigenvalue weighted by Gasteiger charge is 2.22. The standard InChI is InChI=1S/C14H32N.H3O4Si/c1-5-9-12-15(8-4,13-10-6-2)14-11-7-3;1-5(2,3)4/h5-14H2,1-4H3;1-3H/q+1;-1. The molecule has 20 heavy (non-hydrogen) atoms. The van der Waals surface area contributed by atoms with Crippen LogP contribution in [0.3, 0.4) is 0 Å². The Morgan fingerprint density at radius 2 is 1.00 bits per heavy atom. The van der Waals surface area contributed by atoms with Crippen LogP contribution in [0.25, 0.3) is 0 Å². The van der Waals surface area contributed by atoms with Gasteiger partial charge in [-0.2, -0.15) is 0 Å². The second-order valence-corrected chi connectivity index (χ2v) is 6.61. The fraction of sp³-hybridized carbons (Fsp3) is 1.00. The van der Waals surface area contributed by atoms with Gasteiger partial charge < -0.3 is 23.7 Å². The van der Waals surface area contributed by atoms with E-state index in [1.54, 1.807) is 0 Å². The molecule has 0 aliphatic rings. The third-order valence-corrected chi connectivity index (χ3v) is 3.63. The van der Waals surface area contributed by atoms with Crippen LogP contribution in [0.15, 0.2) is 0 Å². The Morgan fingerprint density at radius 1 is 0.750 bits per heavy atom. The van der Waals surface area contributed by atoms with Gasteiger partial charge in [0.1, 0.15) is 0 Å². The average molecular weight is 310 g/mol. The molecule has 5 nitrogen and oxygen atoms in total. The summed E-state index contributed by atoms with van der Waals surface area (Å²) in [6, 6.07) is 0. The van der Waals surface area contributed by atoms with Crippen molar-refractivity contribution in [3.8, 4) is 0 Å². The summed E-state index contributed by atoms with van der Waals surface area (Å²) in [6.45, 7) is 14.9. The van der Waals surface area contributed by atoms with E-state index in [0.29, 0.717) is 0 Å². The number of hydrogen-bond acceptors (Lipinski definition) is 4. The largest absolute Gasteiger partial charge is 0.794 e. The number of hydrogen-bond donors (Lipinski definition) is 3. The van der Waals surface area contributed by atoms with Crippen LogP contribution in [0.5, 0.6) is 0 Å². The fourth-order valence-electron chi connectivity index (χ4n) is 2.29. The molecule has 0 spiro atoms. The van der Waals surface area contributed by atoms with Crippen molar-refractivity contribution in [3.63, 3.8) is 0 Å². The van der Waals surface area contributed by atoms with Gasteiger partial charge in [-0.1, -0.05) is 40.0 Å². The number of unbranched alkanes of at least 4 members (excludes halogenated alkanes) is 3. The maximum absolute atomic E-state index is 8.91. The molecule has 0 aromatic carbocycles. The summed E-state index contributed by atoms with van der Waals surface area (Å²) in [5.74, 6) is 0. The van der Waals surface area contributed by atoms with E-state index in [0.717, 1.165) is 0 Å². The van der Waals surface area contributed by atoms with Crippen molar-refractivity contribution in [1.82, 2.24) is 0 Å². The van der Waals surface area contributed by atoms with Gasteiger partial charge in [-0.25, -0.2) is 0 Å². The van der Waals surface area contributed by atoms with Crippen molar-refractivity contribution in [1.29, 1.82) is 0 Å². The molecule has 0 aromatic rings. The Hall–Kier alpha value is 0.0169. The average Bonchev–Trinajstić information content (AvgIpc) is 2.37. The van der Waals surface area contributed by atoms with E-state index in [9.17, 15) is 0 Å². The topological polar surface area (TPSA) is 83.8 Å². The molecule has 0 atom stereocenters. The first kappa shape index (κ1) is 22.3. The third kappa shape index (κ3) is 16.1. The van der Waals surface area contributed by atoms with Crippen LogP contribution in [0.2, 0.25) is 0 Å². The molecule has 0 saturated carbocycles. The number of nitrogens with zero attached hydrogens (tertiary/aromatic N) is 1. The van der Waals surface area contributed by atoms with Crippen molar-refractivity contribution in [2.24, 2.45) is 0 Å². The fourth-order valence-corrected chi connectivity index (χ4v) is 2.29. The lowest BCUT2D eigenvalue weighted by Crippen LogP contribution is -2.50. The highest BCUT2D eigenvalue weighted by atomic mass is 28.4. The predicted molar refractivity (Wildman–Crippen MR) is 82.5 cm³/mol. The Kier molecular flexibility index (Phi) is 14.2. The Balaban J connectivity index is 0. The Bertz CT molecular complexity index is 182. The van der Waals surface area contributed by atoms with E-state index in [-0.39, 0.29) is 0 Å². The Morgan fingerprint density at radius 3 is 1.15 bits per heavy atom. The molecule has 0 heterocycles. The molecule has 0 fully saturated rings. The van der Waals surface area contributed by atoms with Gasteiger partial charge >= 0.3 is 9.05 Å². The first-order chi connectivity index (χ1) is 9.24. The van der Waals surface area contributed by atoms with Crippen LogP contribution in [0.4, 0.5) is 0 Å². The smallest absolute Gasteiger partial charge is 0.404 e. The van der Waals surface area contributed by atoms with E-state index in [2.05, 4.69) is 27.7 Å². The van der Waals surface area contributed by atoms with Gasteiger partial charge in [0, 0.05) is 0 Å². The molecule has 0 aromatic heterocycles. The van der Waals surface area contributed by atoms with Gasteiger partial charge in [-0.05, 0) is 26.2 Å². The minimum absolute atomic E-state index is 1.33. The van der Waals surface area contributed by atoms with Crippen molar-refractivity contribution >= 4 is 9.05 Å². The summed E-state index contributed by atoms with van der Waals surface area (Å²) < 4.78 is 1.38. The molecule has 0 bridgehead atoms. The summed E-state index contributed by atoms with van der Waals surface area (Å²) in [5.41, 5.74) is 0. The van der Waals surface area contributed by atoms with E-state index in [1.807, 2.05) is 0 Å². The van der Waals surface area contributed by atoms with Crippen molar-refractivity contribution < 1.29 is 23.7 Å². The normalized spacial score (nSPS) is 12.0. The molecule has 0 radical (unpaired) electrons. The molecule has 0 unspecified atom stereocenters. The van der Waals surface area contributed by atoms with Gasteiger partial charge in [-0.15, -0.1) is 0 Å². The summed E-state index contributed by atoms with van der Waals surface area (Å²) in [7, 11) is -4.86. The van der Waals surface area contributed by atoms with Crippen molar-refractivity contribution in [2.45, 2.75) is 66.2 Å². The van der Waals surface area contributed by atoms with Gasteiger partial charge in [0.2, 0.25) is 0 Å². The Labute approximate surface area is 126 Å². The SMILES string of the molecule is CCCC[N+](CC)(CCCC)CCCC.[O-][Si](O)(O)O. The van der Waals surface area contributed by atoms with E-state index in [4.69, 9.17) is 19.2 Å². The molecular weight excluding hydrogens is 274 g/mol. The summed E-state index contributed by atoms with van der Waals surface area (Å²) in [5, 5.41) is 0. The van der Waals surface area contributed by atoms with Gasteiger partial charge in [-0.3, -0.25) is 0 Å². The zero-order valence-electron chi connectivity index (χ0n) is 13.8. The summed E-state index contributed by atoms with van der Waals surface area (Å²) >= 11 is 0. The molecule has 6 heteroatoms. The highest BCUT2D eigenvalue weighted by molar-refractivity contribution is 6.44. The molecular formula is C14H35NO4Si. The lowest BCUT2D eigenvalue weighted by Gasteiger charge is -2.38. The third-order valence-electron chi connectivity index (χ3n) is 3.63. The van der Waals surface area contributed by atoms with E-state index in [1.165, 1.54) is 69.2 Å². The predicted octanol–water partition coefficient (Wildman–Crippen LogP) is 0.983. The zero-order valence-corrected chi connectivity index (χ0v) is 14.8. The zero-order chi connectivity index (χ0) is 16.1. The van der Waals surface area contributed by atoms with Crippen molar-refractivity contribution in [3.05, 3.63) is 0 Å². The minimum Gasteiger partial charge on any atom is -0.794 e. The van der Waals surface area contributed by atoms with Crippen LogP contribution in [0.1, 0.15) is 66.2 Å². The molecule has 0 aliphatic heterocycles. The summed E-state index contributed by atoms with van der Waals surface area (Å²) in [6.07, 6.45) is 8.25. The number of rotatable bonds is 10. The second kappa shape index (κ2) is 12.7. The van der Waals surface area contributed by atoms with E-state index < -0.39 is 9.05 Å².